The molecule has 0 aliphatic heterocycles. The number of halogens is 1. The van der Waals surface area contributed by atoms with Crippen molar-refractivity contribution in [2.75, 3.05) is 5.32 Å². The van der Waals surface area contributed by atoms with Crippen molar-refractivity contribution >= 4 is 34.7 Å². The molecule has 2 aromatic rings. The number of anilines is 1. The van der Waals surface area contributed by atoms with E-state index < -0.39 is 0 Å². The quantitative estimate of drug-likeness (QED) is 0.919. The molecule has 2 aromatic heterocycles. The van der Waals surface area contributed by atoms with Gasteiger partial charge in [-0.3, -0.25) is 4.79 Å². The van der Waals surface area contributed by atoms with Gasteiger partial charge in [-0.2, -0.15) is 0 Å². The van der Waals surface area contributed by atoms with Gasteiger partial charge >= 0.3 is 0 Å². The van der Waals surface area contributed by atoms with Crippen molar-refractivity contribution in [1.29, 1.82) is 0 Å². The third kappa shape index (κ3) is 2.84. The maximum absolute atomic E-state index is 11.6. The Morgan fingerprint density at radius 2 is 2.44 bits per heavy atom. The Kier molecular flexibility index (Phi) is 3.26. The average molecular weight is 257 g/mol. The van der Waals surface area contributed by atoms with E-state index in [1.807, 2.05) is 6.07 Å². The highest BCUT2D eigenvalue weighted by Gasteiger charge is 2.08. The van der Waals surface area contributed by atoms with Crippen LogP contribution < -0.4 is 5.32 Å². The summed E-state index contributed by atoms with van der Waals surface area (Å²) in [6.07, 6.45) is 0.295. The highest BCUT2D eigenvalue weighted by Crippen LogP contribution is 2.22. The van der Waals surface area contributed by atoms with Crippen LogP contribution in [0.1, 0.15) is 10.6 Å². The number of hydrogen-bond acceptors (Lipinski definition) is 4. The van der Waals surface area contributed by atoms with Crippen LogP contribution in [0.4, 0.5) is 5.82 Å². The summed E-state index contributed by atoms with van der Waals surface area (Å²) >= 11 is 7.16. The molecular weight excluding hydrogens is 248 g/mol. The molecular formula is C10H9ClN2O2S. The molecule has 0 saturated heterocycles. The zero-order valence-electron chi connectivity index (χ0n) is 8.49. The summed E-state index contributed by atoms with van der Waals surface area (Å²) in [6.45, 7) is 1.77. The van der Waals surface area contributed by atoms with E-state index in [1.165, 1.54) is 11.3 Å². The molecule has 1 amide bonds. The summed E-state index contributed by atoms with van der Waals surface area (Å²) in [5.74, 6) is 0.964. The standard InChI is InChI=1S/C10H9ClN2O2S/c1-6-4-9(13-15-6)12-10(14)5-7-2-3-8(11)16-7/h2-4H,5H2,1H3,(H,12,13,14). The largest absolute Gasteiger partial charge is 0.360 e. The molecule has 0 aliphatic rings. The molecule has 4 nitrogen and oxygen atoms in total. The van der Waals surface area contributed by atoms with Crippen molar-refractivity contribution in [1.82, 2.24) is 5.16 Å². The van der Waals surface area contributed by atoms with Crippen LogP contribution in [0.5, 0.6) is 0 Å². The van der Waals surface area contributed by atoms with Crippen LogP contribution in [0.25, 0.3) is 0 Å². The maximum Gasteiger partial charge on any atom is 0.230 e. The van der Waals surface area contributed by atoms with E-state index in [0.29, 0.717) is 22.3 Å². The lowest BCUT2D eigenvalue weighted by Gasteiger charge is -1.98. The zero-order chi connectivity index (χ0) is 11.5. The predicted octanol–water partition coefficient (Wildman–Crippen LogP) is 2.88. The molecule has 0 atom stereocenters. The number of carbonyl (C=O) groups is 1. The molecule has 0 saturated carbocycles. The van der Waals surface area contributed by atoms with Crippen LogP contribution in [-0.4, -0.2) is 11.1 Å². The fourth-order valence-corrected chi connectivity index (χ4v) is 2.30. The lowest BCUT2D eigenvalue weighted by molar-refractivity contribution is -0.115. The van der Waals surface area contributed by atoms with Crippen molar-refractivity contribution in [3.63, 3.8) is 0 Å². The number of hydrogen-bond donors (Lipinski definition) is 1. The summed E-state index contributed by atoms with van der Waals surface area (Å²) in [7, 11) is 0. The monoisotopic (exact) mass is 256 g/mol. The summed E-state index contributed by atoms with van der Waals surface area (Å²) in [4.78, 5) is 12.5. The molecule has 2 rings (SSSR count). The molecule has 0 bridgehead atoms. The fraction of sp³-hybridized carbons (Fsp3) is 0.200. The minimum absolute atomic E-state index is 0.133. The van der Waals surface area contributed by atoms with Gasteiger partial charge in [-0.1, -0.05) is 16.8 Å². The number of aromatic nitrogens is 1. The van der Waals surface area contributed by atoms with Gasteiger partial charge in [0.15, 0.2) is 5.82 Å². The first kappa shape index (κ1) is 11.2. The van der Waals surface area contributed by atoms with Crippen LogP contribution in [0.15, 0.2) is 22.7 Å². The second kappa shape index (κ2) is 4.67. The number of rotatable bonds is 3. The summed E-state index contributed by atoms with van der Waals surface area (Å²) in [5.41, 5.74) is 0. The second-order valence-corrected chi connectivity index (χ2v) is 5.05. The minimum atomic E-state index is -0.133. The first-order valence-corrected chi connectivity index (χ1v) is 5.80. The zero-order valence-corrected chi connectivity index (χ0v) is 10.1. The molecule has 0 aromatic carbocycles. The lowest BCUT2D eigenvalue weighted by Crippen LogP contribution is -2.13. The fourth-order valence-electron chi connectivity index (χ4n) is 1.22. The van der Waals surface area contributed by atoms with Crippen molar-refractivity contribution in [3.8, 4) is 0 Å². The Morgan fingerprint density at radius 1 is 1.62 bits per heavy atom. The summed E-state index contributed by atoms with van der Waals surface area (Å²) in [5, 5.41) is 6.31. The molecule has 6 heteroatoms. The van der Waals surface area contributed by atoms with Gasteiger partial charge < -0.3 is 9.84 Å². The predicted molar refractivity (Wildman–Crippen MR) is 62.9 cm³/mol. The van der Waals surface area contributed by atoms with Crippen molar-refractivity contribution < 1.29 is 9.32 Å². The molecule has 0 aliphatic carbocycles. The Morgan fingerprint density at radius 3 is 3.00 bits per heavy atom. The first-order chi connectivity index (χ1) is 7.63. The third-order valence-electron chi connectivity index (χ3n) is 1.86. The van der Waals surface area contributed by atoms with Gasteiger partial charge in [0, 0.05) is 10.9 Å². The van der Waals surface area contributed by atoms with E-state index in [-0.39, 0.29) is 5.91 Å². The van der Waals surface area contributed by atoms with E-state index >= 15 is 0 Å². The van der Waals surface area contributed by atoms with Crippen LogP contribution in [0.3, 0.4) is 0 Å². The second-order valence-electron chi connectivity index (χ2n) is 3.25. The number of amides is 1. The van der Waals surface area contributed by atoms with Gasteiger partial charge in [0.2, 0.25) is 5.91 Å². The summed E-state index contributed by atoms with van der Waals surface area (Å²) in [6, 6.07) is 5.27. The Hall–Kier alpha value is -1.33. The molecule has 2 heterocycles. The van der Waals surface area contributed by atoms with Crippen LogP contribution in [0, 0.1) is 6.92 Å². The number of nitrogens with zero attached hydrogens (tertiary/aromatic N) is 1. The molecule has 0 unspecified atom stereocenters. The number of aryl methyl sites for hydroxylation is 1. The van der Waals surface area contributed by atoms with Crippen molar-refractivity contribution in [3.05, 3.63) is 33.2 Å². The molecule has 84 valence electrons. The maximum atomic E-state index is 11.6. The highest BCUT2D eigenvalue weighted by atomic mass is 35.5. The number of carbonyl (C=O) groups excluding carboxylic acids is 1. The van der Waals surface area contributed by atoms with Gasteiger partial charge in [-0.25, -0.2) is 0 Å². The van der Waals surface area contributed by atoms with Gasteiger partial charge in [-0.05, 0) is 19.1 Å². The molecule has 0 radical (unpaired) electrons. The van der Waals surface area contributed by atoms with E-state index in [2.05, 4.69) is 10.5 Å². The SMILES string of the molecule is Cc1cc(NC(=O)Cc2ccc(Cl)s2)no1. The average Bonchev–Trinajstić information content (AvgIpc) is 2.76. The normalized spacial score (nSPS) is 10.4. The van der Waals surface area contributed by atoms with Crippen LogP contribution in [0.2, 0.25) is 4.34 Å². The topological polar surface area (TPSA) is 55.1 Å². The van der Waals surface area contributed by atoms with Crippen LogP contribution >= 0.6 is 22.9 Å². The highest BCUT2D eigenvalue weighted by molar-refractivity contribution is 7.16. The first-order valence-electron chi connectivity index (χ1n) is 4.61. The van der Waals surface area contributed by atoms with Crippen molar-refractivity contribution in [2.24, 2.45) is 0 Å². The minimum Gasteiger partial charge on any atom is -0.360 e. The van der Waals surface area contributed by atoms with E-state index in [4.69, 9.17) is 16.1 Å². The van der Waals surface area contributed by atoms with Gasteiger partial charge in [0.25, 0.3) is 0 Å². The third-order valence-corrected chi connectivity index (χ3v) is 3.09. The van der Waals surface area contributed by atoms with E-state index in [0.717, 1.165) is 4.88 Å². The van der Waals surface area contributed by atoms with E-state index in [1.54, 1.807) is 19.1 Å². The molecule has 16 heavy (non-hydrogen) atoms. The lowest BCUT2D eigenvalue weighted by atomic mass is 10.3. The van der Waals surface area contributed by atoms with E-state index in [9.17, 15) is 4.79 Å². The summed E-state index contributed by atoms with van der Waals surface area (Å²) < 4.78 is 5.52. The number of nitrogens with one attached hydrogen (secondary N) is 1. The Labute approximate surface area is 101 Å². The molecule has 0 spiro atoms. The van der Waals surface area contributed by atoms with Gasteiger partial charge in [-0.15, -0.1) is 11.3 Å². The Bertz CT molecular complexity index is 462. The molecule has 0 fully saturated rings. The van der Waals surface area contributed by atoms with Gasteiger partial charge in [0.05, 0.1) is 10.8 Å². The van der Waals surface area contributed by atoms with Gasteiger partial charge in [0.1, 0.15) is 5.76 Å². The Balaban J connectivity index is 1.94. The number of thiophene rings is 1. The smallest absolute Gasteiger partial charge is 0.230 e. The van der Waals surface area contributed by atoms with Crippen LogP contribution in [-0.2, 0) is 11.2 Å². The molecule has 1 N–H and O–H groups in total. The van der Waals surface area contributed by atoms with Crippen molar-refractivity contribution in [2.45, 2.75) is 13.3 Å².